The first-order chi connectivity index (χ1) is 13.7. The molecule has 1 amide bonds. The SMILES string of the molecule is COc1ccccc1C1CNCCN1C(=O)c1ccc(-n2nccc2C)cc1. The average Bonchev–Trinajstić information content (AvgIpc) is 3.19. The van der Waals surface area contributed by atoms with E-state index in [4.69, 9.17) is 4.74 Å². The summed E-state index contributed by atoms with van der Waals surface area (Å²) in [5.41, 5.74) is 3.70. The van der Waals surface area contributed by atoms with Gasteiger partial charge in [0.2, 0.25) is 0 Å². The predicted octanol–water partition coefficient (Wildman–Crippen LogP) is 2.98. The van der Waals surface area contributed by atoms with Crippen LogP contribution < -0.4 is 10.1 Å². The Hall–Kier alpha value is -3.12. The highest BCUT2D eigenvalue weighted by Gasteiger charge is 2.30. The van der Waals surface area contributed by atoms with Crippen molar-refractivity contribution in [2.45, 2.75) is 13.0 Å². The highest BCUT2D eigenvalue weighted by molar-refractivity contribution is 5.94. The van der Waals surface area contributed by atoms with Gasteiger partial charge >= 0.3 is 0 Å². The molecule has 1 N–H and O–H groups in total. The number of hydrogen-bond acceptors (Lipinski definition) is 4. The summed E-state index contributed by atoms with van der Waals surface area (Å²) in [6.45, 7) is 4.14. The average molecular weight is 376 g/mol. The van der Waals surface area contributed by atoms with Crippen LogP contribution in [0.4, 0.5) is 0 Å². The second-order valence-electron chi connectivity index (χ2n) is 6.89. The third-order valence-electron chi connectivity index (χ3n) is 5.19. The number of nitrogens with one attached hydrogen (secondary N) is 1. The largest absolute Gasteiger partial charge is 0.496 e. The van der Waals surface area contributed by atoms with Crippen LogP contribution in [0, 0.1) is 6.92 Å². The van der Waals surface area contributed by atoms with Gasteiger partial charge in [-0.15, -0.1) is 0 Å². The Morgan fingerprint density at radius 1 is 1.14 bits per heavy atom. The number of amides is 1. The van der Waals surface area contributed by atoms with Gasteiger partial charge in [0.25, 0.3) is 5.91 Å². The lowest BCUT2D eigenvalue weighted by Crippen LogP contribution is -2.48. The molecule has 6 nitrogen and oxygen atoms in total. The predicted molar refractivity (Wildman–Crippen MR) is 108 cm³/mol. The molecule has 1 fully saturated rings. The summed E-state index contributed by atoms with van der Waals surface area (Å²) in [6.07, 6.45) is 1.77. The molecule has 1 aliphatic rings. The summed E-state index contributed by atoms with van der Waals surface area (Å²) >= 11 is 0. The third-order valence-corrected chi connectivity index (χ3v) is 5.19. The zero-order valence-corrected chi connectivity index (χ0v) is 16.1. The number of carbonyl (C=O) groups excluding carboxylic acids is 1. The van der Waals surface area contributed by atoms with Crippen molar-refractivity contribution in [2.75, 3.05) is 26.7 Å². The Labute approximate surface area is 164 Å². The summed E-state index contributed by atoms with van der Waals surface area (Å²) in [6, 6.07) is 17.4. The van der Waals surface area contributed by atoms with E-state index in [0.29, 0.717) is 18.7 Å². The van der Waals surface area contributed by atoms with Gasteiger partial charge in [-0.05, 0) is 43.3 Å². The molecule has 1 saturated heterocycles. The molecule has 2 heterocycles. The van der Waals surface area contributed by atoms with Gasteiger partial charge in [-0.2, -0.15) is 5.10 Å². The number of ether oxygens (including phenoxy) is 1. The van der Waals surface area contributed by atoms with E-state index in [1.54, 1.807) is 13.3 Å². The Morgan fingerprint density at radius 3 is 2.64 bits per heavy atom. The molecule has 1 aromatic heterocycles. The topological polar surface area (TPSA) is 59.4 Å². The minimum absolute atomic E-state index is 0.0288. The van der Waals surface area contributed by atoms with E-state index in [0.717, 1.165) is 29.2 Å². The van der Waals surface area contributed by atoms with Crippen LogP contribution in [0.3, 0.4) is 0 Å². The zero-order valence-electron chi connectivity index (χ0n) is 16.1. The van der Waals surface area contributed by atoms with Crippen molar-refractivity contribution in [3.8, 4) is 11.4 Å². The van der Waals surface area contributed by atoms with Gasteiger partial charge in [-0.1, -0.05) is 18.2 Å². The van der Waals surface area contributed by atoms with Crippen molar-refractivity contribution in [1.82, 2.24) is 20.0 Å². The van der Waals surface area contributed by atoms with Gasteiger partial charge in [0, 0.05) is 42.7 Å². The lowest BCUT2D eigenvalue weighted by atomic mass is 10.0. The van der Waals surface area contributed by atoms with Crippen LogP contribution in [-0.4, -0.2) is 47.3 Å². The van der Waals surface area contributed by atoms with Crippen LogP contribution >= 0.6 is 0 Å². The summed E-state index contributed by atoms with van der Waals surface area (Å²) < 4.78 is 7.38. The number of carbonyl (C=O) groups is 1. The first kappa shape index (κ1) is 18.3. The van der Waals surface area contributed by atoms with Crippen LogP contribution in [0.15, 0.2) is 60.8 Å². The molecule has 0 spiro atoms. The molecule has 0 saturated carbocycles. The Morgan fingerprint density at radius 2 is 1.93 bits per heavy atom. The molecule has 6 heteroatoms. The van der Waals surface area contributed by atoms with Gasteiger partial charge < -0.3 is 15.0 Å². The van der Waals surface area contributed by atoms with Crippen molar-refractivity contribution in [3.63, 3.8) is 0 Å². The molecule has 144 valence electrons. The number of aromatic nitrogens is 2. The Balaban J connectivity index is 1.61. The minimum Gasteiger partial charge on any atom is -0.496 e. The van der Waals surface area contributed by atoms with E-state index in [-0.39, 0.29) is 11.9 Å². The fourth-order valence-electron chi connectivity index (χ4n) is 3.72. The van der Waals surface area contributed by atoms with Crippen molar-refractivity contribution < 1.29 is 9.53 Å². The molecule has 0 radical (unpaired) electrons. The number of piperazine rings is 1. The van der Waals surface area contributed by atoms with Crippen LogP contribution in [-0.2, 0) is 0 Å². The highest BCUT2D eigenvalue weighted by atomic mass is 16.5. The Kier molecular flexibility index (Phi) is 5.12. The molecular weight excluding hydrogens is 352 g/mol. The quantitative estimate of drug-likeness (QED) is 0.761. The number of hydrogen-bond donors (Lipinski definition) is 1. The maximum atomic E-state index is 13.3. The van der Waals surface area contributed by atoms with Crippen molar-refractivity contribution in [3.05, 3.63) is 77.6 Å². The Bertz CT molecular complexity index is 965. The summed E-state index contributed by atoms with van der Waals surface area (Å²) in [5, 5.41) is 7.71. The molecular formula is C22H24N4O2. The number of nitrogens with zero attached hydrogens (tertiary/aromatic N) is 3. The maximum absolute atomic E-state index is 13.3. The molecule has 0 aliphatic carbocycles. The summed E-state index contributed by atoms with van der Waals surface area (Å²) in [5.74, 6) is 0.833. The number of aryl methyl sites for hydroxylation is 1. The molecule has 1 aliphatic heterocycles. The molecule has 1 unspecified atom stereocenters. The standard InChI is InChI=1S/C22H24N4O2/c1-16-11-12-24-26(16)18-9-7-17(8-10-18)22(27)25-14-13-23-15-20(25)19-5-3-4-6-21(19)28-2/h3-12,20,23H,13-15H2,1-2H3. The first-order valence-electron chi connectivity index (χ1n) is 9.44. The van der Waals surface area contributed by atoms with E-state index in [2.05, 4.69) is 10.4 Å². The van der Waals surface area contributed by atoms with E-state index in [1.165, 1.54) is 0 Å². The number of benzene rings is 2. The highest BCUT2D eigenvalue weighted by Crippen LogP contribution is 2.31. The normalized spacial score (nSPS) is 16.8. The summed E-state index contributed by atoms with van der Waals surface area (Å²) in [4.78, 5) is 15.2. The lowest BCUT2D eigenvalue weighted by Gasteiger charge is -2.37. The molecule has 4 rings (SSSR count). The van der Waals surface area contributed by atoms with Crippen LogP contribution in [0.1, 0.15) is 27.7 Å². The zero-order chi connectivity index (χ0) is 19.5. The van der Waals surface area contributed by atoms with Crippen LogP contribution in [0.5, 0.6) is 5.75 Å². The fraction of sp³-hybridized carbons (Fsp3) is 0.273. The van der Waals surface area contributed by atoms with Gasteiger partial charge in [-0.25, -0.2) is 4.68 Å². The van der Waals surface area contributed by atoms with Gasteiger partial charge in [0.15, 0.2) is 0 Å². The second-order valence-corrected chi connectivity index (χ2v) is 6.89. The van der Waals surface area contributed by atoms with Crippen molar-refractivity contribution >= 4 is 5.91 Å². The van der Waals surface area contributed by atoms with Crippen molar-refractivity contribution in [2.24, 2.45) is 0 Å². The van der Waals surface area contributed by atoms with E-state index < -0.39 is 0 Å². The second kappa shape index (κ2) is 7.86. The molecule has 3 aromatic rings. The molecule has 0 bridgehead atoms. The molecule has 28 heavy (non-hydrogen) atoms. The summed E-state index contributed by atoms with van der Waals surface area (Å²) in [7, 11) is 1.66. The molecule has 1 atom stereocenters. The van der Waals surface area contributed by atoms with E-state index in [9.17, 15) is 4.79 Å². The monoisotopic (exact) mass is 376 g/mol. The lowest BCUT2D eigenvalue weighted by molar-refractivity contribution is 0.0631. The van der Waals surface area contributed by atoms with Crippen LogP contribution in [0.2, 0.25) is 0 Å². The molecule has 2 aromatic carbocycles. The third kappa shape index (κ3) is 3.39. The smallest absolute Gasteiger partial charge is 0.254 e. The van der Waals surface area contributed by atoms with Gasteiger partial charge in [0.1, 0.15) is 5.75 Å². The van der Waals surface area contributed by atoms with Crippen molar-refractivity contribution in [1.29, 1.82) is 0 Å². The van der Waals surface area contributed by atoms with Crippen LogP contribution in [0.25, 0.3) is 5.69 Å². The number of para-hydroxylation sites is 1. The number of rotatable bonds is 4. The fourth-order valence-corrected chi connectivity index (χ4v) is 3.72. The van der Waals surface area contributed by atoms with E-state index in [1.807, 2.05) is 71.1 Å². The van der Waals surface area contributed by atoms with Gasteiger partial charge in [-0.3, -0.25) is 4.79 Å². The number of methoxy groups -OCH3 is 1. The van der Waals surface area contributed by atoms with Gasteiger partial charge in [0.05, 0.1) is 18.8 Å². The van der Waals surface area contributed by atoms with E-state index >= 15 is 0 Å². The first-order valence-corrected chi connectivity index (χ1v) is 9.44. The maximum Gasteiger partial charge on any atom is 0.254 e. The minimum atomic E-state index is -0.0644.